The third-order valence-corrected chi connectivity index (χ3v) is 9.86. The molecule has 3 heterocycles. The molecule has 5 heteroatoms. The summed E-state index contributed by atoms with van der Waals surface area (Å²) in [5, 5.41) is 3.83. The zero-order valence-corrected chi connectivity index (χ0v) is 27.2. The van der Waals surface area contributed by atoms with Gasteiger partial charge in [-0.2, -0.15) is 0 Å². The Kier molecular flexibility index (Phi) is 8.99. The van der Waals surface area contributed by atoms with Gasteiger partial charge in [-0.15, -0.1) is 54.1 Å². The Morgan fingerprint density at radius 3 is 2.29 bits per heavy atom. The van der Waals surface area contributed by atoms with Gasteiger partial charge < -0.3 is 14.4 Å². The molecule has 0 amide bonds. The molecule has 1 radical (unpaired) electrons. The molecule has 0 atom stereocenters. The van der Waals surface area contributed by atoms with Crippen LogP contribution in [0.4, 0.5) is 0 Å². The molecule has 3 aromatic heterocycles. The Hall–Kier alpha value is -3.37. The van der Waals surface area contributed by atoms with Gasteiger partial charge in [0.15, 0.2) is 0 Å². The predicted molar refractivity (Wildman–Crippen MR) is 168 cm³/mol. The van der Waals surface area contributed by atoms with Crippen molar-refractivity contribution in [1.29, 1.82) is 0 Å². The summed E-state index contributed by atoms with van der Waals surface area (Å²) in [6.07, 6.45) is 9.00. The summed E-state index contributed by atoms with van der Waals surface area (Å²) < 4.78 is 6.32. The zero-order chi connectivity index (χ0) is 27.5. The summed E-state index contributed by atoms with van der Waals surface area (Å²) in [4.78, 5) is 8.89. The first kappa shape index (κ1) is 29.1. The van der Waals surface area contributed by atoms with Gasteiger partial charge in [0, 0.05) is 37.9 Å². The SMILES string of the molecule is C[Si](C)(C)c1ccc2oc3c(-c4cc(C5CCCC5)ccn4)[c-]ccc3c2c1.[Ir].[c-]1ccccc1-c1ccccn1. The van der Waals surface area contributed by atoms with Crippen molar-refractivity contribution in [2.24, 2.45) is 0 Å². The van der Waals surface area contributed by atoms with Crippen LogP contribution in [0.15, 0.2) is 102 Å². The molecule has 7 rings (SSSR count). The van der Waals surface area contributed by atoms with E-state index in [1.165, 1.54) is 41.8 Å². The molecule has 0 N–H and O–H groups in total. The van der Waals surface area contributed by atoms with Crippen molar-refractivity contribution in [3.63, 3.8) is 0 Å². The molecule has 1 fully saturated rings. The van der Waals surface area contributed by atoms with Gasteiger partial charge in [0.05, 0.1) is 13.7 Å². The van der Waals surface area contributed by atoms with Gasteiger partial charge in [0.25, 0.3) is 0 Å². The third-order valence-electron chi connectivity index (χ3n) is 7.81. The normalized spacial score (nSPS) is 13.5. The van der Waals surface area contributed by atoms with E-state index in [1.807, 2.05) is 54.7 Å². The smallest absolute Gasteiger partial charge is 0.120 e. The summed E-state index contributed by atoms with van der Waals surface area (Å²) in [7, 11) is -1.37. The largest absolute Gasteiger partial charge is 0.501 e. The second-order valence-electron chi connectivity index (χ2n) is 11.6. The molecule has 1 saturated carbocycles. The minimum Gasteiger partial charge on any atom is -0.501 e. The van der Waals surface area contributed by atoms with Crippen LogP contribution < -0.4 is 5.19 Å². The monoisotopic (exact) mass is 731 g/mol. The molecule has 0 aliphatic heterocycles. The minimum absolute atomic E-state index is 0. The van der Waals surface area contributed by atoms with Gasteiger partial charge in [0.1, 0.15) is 5.58 Å². The second-order valence-corrected chi connectivity index (χ2v) is 16.7. The van der Waals surface area contributed by atoms with Crippen molar-refractivity contribution in [2.75, 3.05) is 0 Å². The maximum Gasteiger partial charge on any atom is 0.120 e. The minimum atomic E-state index is -1.37. The van der Waals surface area contributed by atoms with E-state index in [2.05, 4.69) is 78.1 Å². The molecule has 0 bridgehead atoms. The van der Waals surface area contributed by atoms with E-state index >= 15 is 0 Å². The first-order valence-corrected chi connectivity index (χ1v) is 17.7. The maximum atomic E-state index is 6.32. The fourth-order valence-corrected chi connectivity index (χ4v) is 6.73. The molecule has 3 aromatic carbocycles. The van der Waals surface area contributed by atoms with Crippen molar-refractivity contribution in [1.82, 2.24) is 9.97 Å². The van der Waals surface area contributed by atoms with Gasteiger partial charge in [-0.25, -0.2) is 0 Å². The molecule has 41 heavy (non-hydrogen) atoms. The van der Waals surface area contributed by atoms with Crippen molar-refractivity contribution in [3.05, 3.63) is 115 Å². The molecule has 0 unspecified atom stereocenters. The Labute approximate surface area is 257 Å². The topological polar surface area (TPSA) is 38.9 Å². The summed E-state index contributed by atoms with van der Waals surface area (Å²) >= 11 is 0. The van der Waals surface area contributed by atoms with Crippen LogP contribution in [0.5, 0.6) is 0 Å². The van der Waals surface area contributed by atoms with Gasteiger partial charge in [-0.05, 0) is 48.3 Å². The van der Waals surface area contributed by atoms with Crippen LogP contribution in [0.1, 0.15) is 37.2 Å². The fourth-order valence-electron chi connectivity index (χ4n) is 5.57. The Morgan fingerprint density at radius 1 is 0.756 bits per heavy atom. The number of hydrogen-bond donors (Lipinski definition) is 0. The number of benzene rings is 3. The van der Waals surface area contributed by atoms with Crippen LogP contribution in [-0.4, -0.2) is 18.0 Å². The average molecular weight is 731 g/mol. The number of fused-ring (bicyclic) bond motifs is 3. The maximum absolute atomic E-state index is 6.32. The molecule has 0 spiro atoms. The average Bonchev–Trinajstić information content (AvgIpc) is 3.66. The number of pyridine rings is 2. The number of hydrogen-bond acceptors (Lipinski definition) is 3. The fraction of sp³-hybridized carbons (Fsp3) is 0.222. The predicted octanol–water partition coefficient (Wildman–Crippen LogP) is 9.20. The van der Waals surface area contributed by atoms with Gasteiger partial charge in [-0.1, -0.05) is 84.5 Å². The number of nitrogens with zero attached hydrogens (tertiary/aromatic N) is 2. The van der Waals surface area contributed by atoms with E-state index in [-0.39, 0.29) is 20.1 Å². The molecule has 3 nitrogen and oxygen atoms in total. The zero-order valence-electron chi connectivity index (χ0n) is 23.8. The Balaban J connectivity index is 0.000000218. The summed E-state index contributed by atoms with van der Waals surface area (Å²) in [5.74, 6) is 0.677. The molecular formula is C36H34IrN2OSi-2. The molecular weight excluding hydrogens is 697 g/mol. The van der Waals surface area contributed by atoms with Crippen LogP contribution in [0, 0.1) is 12.1 Å². The quantitative estimate of drug-likeness (QED) is 0.134. The first-order chi connectivity index (χ1) is 19.5. The molecule has 1 aliphatic carbocycles. The van der Waals surface area contributed by atoms with E-state index in [0.717, 1.165) is 39.1 Å². The van der Waals surface area contributed by atoms with Gasteiger partial charge >= 0.3 is 0 Å². The number of furan rings is 1. The summed E-state index contributed by atoms with van der Waals surface area (Å²) in [6, 6.07) is 35.5. The van der Waals surface area contributed by atoms with Crippen molar-refractivity contribution >= 4 is 35.2 Å². The van der Waals surface area contributed by atoms with Gasteiger partial charge in [-0.3, -0.25) is 0 Å². The first-order valence-electron chi connectivity index (χ1n) is 14.2. The van der Waals surface area contributed by atoms with E-state index in [1.54, 1.807) is 6.20 Å². The standard InChI is InChI=1S/C25H26NOSi.C11H8N.Ir/c1-28(2,3)19-11-12-24-22(16-19)20-9-6-10-21(25(20)27-24)23-15-18(13-14-26-23)17-7-4-5-8-17;1-2-6-10(7-3-1)11-8-4-5-9-12-11;/h6,9,11-17H,4-5,7-8H2,1-3H3;1-6,8-9H;/q2*-1;. The van der Waals surface area contributed by atoms with E-state index in [4.69, 9.17) is 4.42 Å². The molecule has 6 aromatic rings. The molecule has 209 valence electrons. The molecule has 1 aliphatic rings. The van der Waals surface area contributed by atoms with E-state index < -0.39 is 8.07 Å². The second kappa shape index (κ2) is 12.6. The van der Waals surface area contributed by atoms with Gasteiger partial charge in [0.2, 0.25) is 0 Å². The Morgan fingerprint density at radius 2 is 1.56 bits per heavy atom. The van der Waals surface area contributed by atoms with Crippen LogP contribution in [-0.2, 0) is 20.1 Å². The van der Waals surface area contributed by atoms with E-state index in [9.17, 15) is 0 Å². The number of rotatable bonds is 4. The third kappa shape index (κ3) is 6.43. The van der Waals surface area contributed by atoms with Crippen molar-refractivity contribution in [2.45, 2.75) is 51.2 Å². The van der Waals surface area contributed by atoms with Crippen molar-refractivity contribution in [3.8, 4) is 22.5 Å². The molecule has 0 saturated heterocycles. The van der Waals surface area contributed by atoms with Crippen LogP contribution >= 0.6 is 0 Å². The Bertz CT molecular complexity index is 1700. The van der Waals surface area contributed by atoms with Crippen LogP contribution in [0.2, 0.25) is 19.6 Å². The number of aromatic nitrogens is 2. The summed E-state index contributed by atoms with van der Waals surface area (Å²) in [6.45, 7) is 7.15. The van der Waals surface area contributed by atoms with Crippen LogP contribution in [0.25, 0.3) is 44.5 Å². The van der Waals surface area contributed by atoms with E-state index in [0.29, 0.717) is 5.92 Å². The summed E-state index contributed by atoms with van der Waals surface area (Å²) in [5.41, 5.74) is 7.22. The van der Waals surface area contributed by atoms with Crippen LogP contribution in [0.3, 0.4) is 0 Å². The van der Waals surface area contributed by atoms with Crippen molar-refractivity contribution < 1.29 is 24.5 Å².